The normalized spacial score (nSPS) is 26.6. The van der Waals surface area contributed by atoms with Gasteiger partial charge in [0.15, 0.2) is 12.4 Å². The molecular formula is C18H22O15. The highest BCUT2D eigenvalue weighted by Crippen LogP contribution is 2.27. The number of carbonyl (C=O) groups is 5. The van der Waals surface area contributed by atoms with Crippen molar-refractivity contribution in [3.63, 3.8) is 0 Å². The standard InChI is InChI=1S/C18H22O15/c1-2-18(6-28-12(19)9-3-25-15(22)31-9,7-29-13(20)10-4-26-16(23)32-10)8-30-14(21)11-5-27-17(24)33-11/h9-12,19H,2-8H2,1H3. The lowest BCUT2D eigenvalue weighted by atomic mass is 9.88. The highest BCUT2D eigenvalue weighted by molar-refractivity contribution is 5.80. The molecule has 0 aromatic carbocycles. The van der Waals surface area contributed by atoms with E-state index in [0.717, 1.165) is 0 Å². The maximum Gasteiger partial charge on any atom is 0.509 e. The van der Waals surface area contributed by atoms with Gasteiger partial charge < -0.3 is 47.7 Å². The van der Waals surface area contributed by atoms with E-state index in [0.29, 0.717) is 0 Å². The van der Waals surface area contributed by atoms with Gasteiger partial charge in [0.1, 0.15) is 33.0 Å². The van der Waals surface area contributed by atoms with Crippen molar-refractivity contribution in [2.24, 2.45) is 5.41 Å². The summed E-state index contributed by atoms with van der Waals surface area (Å²) in [5.41, 5.74) is -1.19. The molecule has 3 heterocycles. The third kappa shape index (κ3) is 6.35. The van der Waals surface area contributed by atoms with Crippen LogP contribution in [0.3, 0.4) is 0 Å². The second-order valence-corrected chi connectivity index (χ2v) is 7.32. The summed E-state index contributed by atoms with van der Waals surface area (Å²) in [6.45, 7) is -0.267. The molecule has 4 unspecified atom stereocenters. The highest BCUT2D eigenvalue weighted by Gasteiger charge is 2.41. The Kier molecular flexibility index (Phi) is 7.75. The number of cyclic esters (lactones) is 6. The van der Waals surface area contributed by atoms with E-state index in [1.54, 1.807) is 6.92 Å². The molecule has 3 aliphatic heterocycles. The fourth-order valence-electron chi connectivity index (χ4n) is 2.81. The molecule has 0 spiro atoms. The van der Waals surface area contributed by atoms with Crippen LogP contribution in [0.2, 0.25) is 0 Å². The highest BCUT2D eigenvalue weighted by atomic mass is 16.8. The first kappa shape index (κ1) is 24.3. The number of esters is 2. The largest absolute Gasteiger partial charge is 0.509 e. The first-order valence-corrected chi connectivity index (χ1v) is 9.84. The first-order valence-electron chi connectivity index (χ1n) is 9.84. The molecule has 33 heavy (non-hydrogen) atoms. The number of aliphatic hydroxyl groups is 1. The number of carbonyl (C=O) groups excluding carboxylic acids is 5. The Balaban J connectivity index is 1.61. The molecule has 15 nitrogen and oxygen atoms in total. The quantitative estimate of drug-likeness (QED) is 0.225. The monoisotopic (exact) mass is 478 g/mol. The minimum atomic E-state index is -1.58. The van der Waals surface area contributed by atoms with Gasteiger partial charge in [0, 0.05) is 0 Å². The van der Waals surface area contributed by atoms with Crippen LogP contribution >= 0.6 is 0 Å². The molecule has 3 aliphatic rings. The van der Waals surface area contributed by atoms with Crippen molar-refractivity contribution in [1.82, 2.24) is 0 Å². The lowest BCUT2D eigenvalue weighted by Gasteiger charge is -2.32. The Hall–Kier alpha value is -3.33. The van der Waals surface area contributed by atoms with Gasteiger partial charge in [0.05, 0.1) is 12.0 Å². The third-order valence-electron chi connectivity index (χ3n) is 4.99. The zero-order valence-corrected chi connectivity index (χ0v) is 17.4. The third-order valence-corrected chi connectivity index (χ3v) is 4.99. The fourth-order valence-corrected chi connectivity index (χ4v) is 2.81. The van der Waals surface area contributed by atoms with E-state index in [9.17, 15) is 29.1 Å². The summed E-state index contributed by atoms with van der Waals surface area (Å²) in [5, 5.41) is 10.1. The maximum atomic E-state index is 12.2. The van der Waals surface area contributed by atoms with Crippen molar-refractivity contribution in [2.75, 3.05) is 39.6 Å². The summed E-state index contributed by atoms with van der Waals surface area (Å²) >= 11 is 0. The van der Waals surface area contributed by atoms with Crippen LogP contribution in [0, 0.1) is 5.41 Å². The van der Waals surface area contributed by atoms with Gasteiger partial charge in [-0.05, 0) is 6.42 Å². The Morgan fingerprint density at radius 2 is 1.36 bits per heavy atom. The zero-order chi connectivity index (χ0) is 24.0. The number of hydrogen-bond acceptors (Lipinski definition) is 15. The van der Waals surface area contributed by atoms with Gasteiger partial charge in [-0.15, -0.1) is 0 Å². The summed E-state index contributed by atoms with van der Waals surface area (Å²) in [4.78, 5) is 57.5. The Morgan fingerprint density at radius 1 is 0.879 bits per heavy atom. The predicted molar refractivity (Wildman–Crippen MR) is 95.3 cm³/mol. The van der Waals surface area contributed by atoms with Crippen LogP contribution in [-0.2, 0) is 52.2 Å². The van der Waals surface area contributed by atoms with Crippen LogP contribution in [0.15, 0.2) is 0 Å². The van der Waals surface area contributed by atoms with Gasteiger partial charge >= 0.3 is 30.4 Å². The van der Waals surface area contributed by atoms with Gasteiger partial charge in [0.25, 0.3) is 0 Å². The van der Waals surface area contributed by atoms with Gasteiger partial charge in [-0.3, -0.25) is 0 Å². The van der Waals surface area contributed by atoms with Crippen molar-refractivity contribution in [3.8, 4) is 0 Å². The van der Waals surface area contributed by atoms with Crippen molar-refractivity contribution in [2.45, 2.75) is 37.9 Å². The molecule has 3 rings (SSSR count). The van der Waals surface area contributed by atoms with Crippen LogP contribution in [0.1, 0.15) is 13.3 Å². The lowest BCUT2D eigenvalue weighted by Crippen LogP contribution is -2.43. The molecular weight excluding hydrogens is 456 g/mol. The van der Waals surface area contributed by atoms with Crippen molar-refractivity contribution in [3.05, 3.63) is 0 Å². The molecule has 0 saturated carbocycles. The topological polar surface area (TPSA) is 189 Å². The van der Waals surface area contributed by atoms with Crippen LogP contribution < -0.4 is 0 Å². The van der Waals surface area contributed by atoms with E-state index in [1.165, 1.54) is 0 Å². The lowest BCUT2D eigenvalue weighted by molar-refractivity contribution is -0.191. The Bertz CT molecular complexity index is 737. The zero-order valence-electron chi connectivity index (χ0n) is 17.4. The van der Waals surface area contributed by atoms with Crippen LogP contribution in [0.4, 0.5) is 14.4 Å². The molecule has 0 amide bonds. The second kappa shape index (κ2) is 10.5. The predicted octanol–water partition coefficient (Wildman–Crippen LogP) is -0.590. The molecule has 1 N–H and O–H groups in total. The number of rotatable bonds is 11. The van der Waals surface area contributed by atoms with Crippen LogP contribution in [0.25, 0.3) is 0 Å². The Morgan fingerprint density at radius 3 is 1.76 bits per heavy atom. The molecule has 3 fully saturated rings. The molecule has 0 aromatic rings. The van der Waals surface area contributed by atoms with E-state index in [-0.39, 0.29) is 46.1 Å². The smallest absolute Gasteiger partial charge is 0.462 e. The summed E-state index contributed by atoms with van der Waals surface area (Å²) in [7, 11) is 0. The molecule has 15 heteroatoms. The Labute approximate surface area is 186 Å². The maximum absolute atomic E-state index is 12.2. The van der Waals surface area contributed by atoms with Crippen molar-refractivity contribution >= 4 is 30.4 Å². The van der Waals surface area contributed by atoms with E-state index < -0.39 is 60.4 Å². The van der Waals surface area contributed by atoms with Crippen molar-refractivity contribution < 1.29 is 71.7 Å². The SMILES string of the molecule is CCC(COC(=O)C1COC(=O)O1)(COC(=O)C1COC(=O)O1)COC(O)C1COC(=O)O1. The minimum absolute atomic E-state index is 0.211. The van der Waals surface area contributed by atoms with Gasteiger partial charge in [0.2, 0.25) is 12.2 Å². The number of aliphatic hydroxyl groups excluding tert-OH is 1. The van der Waals surface area contributed by atoms with E-state index in [1.807, 2.05) is 0 Å². The average molecular weight is 478 g/mol. The van der Waals surface area contributed by atoms with E-state index >= 15 is 0 Å². The summed E-state index contributed by atoms with van der Waals surface area (Å²) in [6, 6.07) is 0. The molecule has 0 radical (unpaired) electrons. The number of ether oxygens (including phenoxy) is 9. The summed E-state index contributed by atoms with van der Waals surface area (Å²) in [6.07, 6.45) is -7.96. The first-order chi connectivity index (χ1) is 15.7. The van der Waals surface area contributed by atoms with Gasteiger partial charge in [-0.2, -0.15) is 0 Å². The van der Waals surface area contributed by atoms with Crippen molar-refractivity contribution in [1.29, 1.82) is 0 Å². The molecule has 0 aliphatic carbocycles. The average Bonchev–Trinajstić information content (AvgIpc) is 3.54. The summed E-state index contributed by atoms with van der Waals surface area (Å²) < 4.78 is 43.5. The van der Waals surface area contributed by atoms with Gasteiger partial charge in [-0.1, -0.05) is 6.92 Å². The molecule has 0 aromatic heterocycles. The van der Waals surface area contributed by atoms with E-state index in [4.69, 9.17) is 18.9 Å². The van der Waals surface area contributed by atoms with Gasteiger partial charge in [-0.25, -0.2) is 24.0 Å². The fraction of sp³-hybridized carbons (Fsp3) is 0.722. The molecule has 3 saturated heterocycles. The molecule has 0 bridgehead atoms. The number of hydrogen-bond donors (Lipinski definition) is 1. The van der Waals surface area contributed by atoms with E-state index in [2.05, 4.69) is 23.7 Å². The van der Waals surface area contributed by atoms with Crippen LogP contribution in [0.5, 0.6) is 0 Å². The summed E-state index contributed by atoms with van der Waals surface area (Å²) in [5.74, 6) is -1.80. The second-order valence-electron chi connectivity index (χ2n) is 7.32. The molecule has 4 atom stereocenters. The van der Waals surface area contributed by atoms with Crippen LogP contribution in [-0.4, -0.2) is 99.8 Å². The molecule has 184 valence electrons. The minimum Gasteiger partial charge on any atom is -0.462 e.